The molecule has 1 aromatic heterocycles. The molecule has 0 spiro atoms. The van der Waals surface area contributed by atoms with Gasteiger partial charge in [0.05, 0.1) is 11.0 Å². The fourth-order valence-electron chi connectivity index (χ4n) is 9.04. The first-order valence-electron chi connectivity index (χ1n) is 19.1. The molecule has 0 fully saturated rings. The van der Waals surface area contributed by atoms with E-state index in [1.54, 1.807) is 0 Å². The standard InChI is InChI=1S/C52H35BN2/c1-2-14-38(15-3-1)43-35-30-39-16-4-5-17-42(39)52(43)53-46-20-8-12-24-50(46)55(51-25-13-9-21-47(51)53)41-33-28-37(29-34-41)36-26-31-40(32-27-36)54-48-22-10-6-18-44(48)45-19-7-11-23-49(45)54/h1-35H. The lowest BCUT2D eigenvalue weighted by atomic mass is 9.33. The van der Waals surface area contributed by atoms with Crippen molar-refractivity contribution in [2.45, 2.75) is 0 Å². The molecule has 256 valence electrons. The van der Waals surface area contributed by atoms with Crippen LogP contribution in [-0.4, -0.2) is 11.3 Å². The van der Waals surface area contributed by atoms with E-state index in [4.69, 9.17) is 0 Å². The van der Waals surface area contributed by atoms with Gasteiger partial charge in [-0.15, -0.1) is 0 Å². The number of nitrogens with zero attached hydrogens (tertiary/aromatic N) is 2. The molecule has 0 radical (unpaired) electrons. The molecule has 1 aliphatic heterocycles. The average molecular weight is 699 g/mol. The van der Waals surface area contributed by atoms with E-state index in [1.165, 1.54) is 82.6 Å². The Morgan fingerprint density at radius 2 is 0.818 bits per heavy atom. The Morgan fingerprint density at radius 1 is 0.327 bits per heavy atom. The smallest absolute Gasteiger partial charge is 0.248 e. The number of anilines is 3. The lowest BCUT2D eigenvalue weighted by Gasteiger charge is -2.37. The van der Waals surface area contributed by atoms with Crippen LogP contribution in [0.1, 0.15) is 0 Å². The molecule has 0 unspecified atom stereocenters. The van der Waals surface area contributed by atoms with Gasteiger partial charge in [-0.25, -0.2) is 0 Å². The van der Waals surface area contributed by atoms with E-state index < -0.39 is 0 Å². The molecule has 3 heteroatoms. The Kier molecular flexibility index (Phi) is 7.31. The number of aromatic nitrogens is 1. The monoisotopic (exact) mass is 698 g/mol. The summed E-state index contributed by atoms with van der Waals surface area (Å²) in [6.45, 7) is 0.0530. The van der Waals surface area contributed by atoms with Crippen LogP contribution in [0.4, 0.5) is 17.1 Å². The summed E-state index contributed by atoms with van der Waals surface area (Å²) < 4.78 is 2.37. The van der Waals surface area contributed by atoms with Crippen molar-refractivity contribution in [3.05, 3.63) is 212 Å². The van der Waals surface area contributed by atoms with Gasteiger partial charge >= 0.3 is 0 Å². The fraction of sp³-hybridized carbons (Fsp3) is 0. The molecule has 55 heavy (non-hydrogen) atoms. The highest BCUT2D eigenvalue weighted by Gasteiger charge is 2.37. The maximum absolute atomic E-state index is 2.45. The second kappa shape index (κ2) is 12.8. The molecular weight excluding hydrogens is 663 g/mol. The lowest BCUT2D eigenvalue weighted by Crippen LogP contribution is -2.58. The maximum Gasteiger partial charge on any atom is 0.248 e. The molecule has 0 atom stereocenters. The molecule has 2 heterocycles. The van der Waals surface area contributed by atoms with E-state index in [2.05, 4.69) is 222 Å². The zero-order chi connectivity index (χ0) is 36.3. The first-order chi connectivity index (χ1) is 27.3. The van der Waals surface area contributed by atoms with Crippen LogP contribution in [0.2, 0.25) is 0 Å². The molecule has 0 saturated heterocycles. The maximum atomic E-state index is 2.45. The summed E-state index contributed by atoms with van der Waals surface area (Å²) in [5, 5.41) is 5.10. The molecule has 10 aromatic rings. The van der Waals surface area contributed by atoms with Crippen LogP contribution in [-0.2, 0) is 0 Å². The van der Waals surface area contributed by atoms with Crippen molar-refractivity contribution in [1.29, 1.82) is 0 Å². The van der Waals surface area contributed by atoms with Crippen LogP contribution in [0.15, 0.2) is 212 Å². The summed E-state index contributed by atoms with van der Waals surface area (Å²) in [6, 6.07) is 77.7. The summed E-state index contributed by atoms with van der Waals surface area (Å²) in [6.07, 6.45) is 0. The Balaban J connectivity index is 1.000. The number of benzene rings is 9. The van der Waals surface area contributed by atoms with Gasteiger partial charge in [-0.05, 0) is 92.5 Å². The molecule has 0 aliphatic carbocycles. The van der Waals surface area contributed by atoms with E-state index in [-0.39, 0.29) is 6.71 Å². The SMILES string of the molecule is c1ccc(-c2ccc3ccccc3c2B2c3ccccc3N(c3ccc(-c4ccc(-n5c6ccccc6c6ccccc65)cc4)cc3)c3ccccc32)cc1. The Morgan fingerprint density at radius 3 is 1.44 bits per heavy atom. The highest BCUT2D eigenvalue weighted by molar-refractivity contribution is 7.00. The van der Waals surface area contributed by atoms with Crippen molar-refractivity contribution >= 4 is 72.7 Å². The van der Waals surface area contributed by atoms with Crippen LogP contribution in [0.3, 0.4) is 0 Å². The van der Waals surface area contributed by atoms with Crippen LogP contribution < -0.4 is 21.3 Å². The summed E-state index contributed by atoms with van der Waals surface area (Å²) in [4.78, 5) is 2.45. The van der Waals surface area contributed by atoms with Crippen molar-refractivity contribution in [3.8, 4) is 27.9 Å². The molecule has 11 rings (SSSR count). The zero-order valence-electron chi connectivity index (χ0n) is 30.2. The van der Waals surface area contributed by atoms with Crippen LogP contribution in [0.5, 0.6) is 0 Å². The van der Waals surface area contributed by atoms with Gasteiger partial charge in [0.15, 0.2) is 0 Å². The minimum Gasteiger partial charge on any atom is -0.312 e. The van der Waals surface area contributed by atoms with Gasteiger partial charge in [0, 0.05) is 33.5 Å². The van der Waals surface area contributed by atoms with E-state index in [1.807, 2.05) is 0 Å². The predicted molar refractivity (Wildman–Crippen MR) is 235 cm³/mol. The minimum atomic E-state index is 0.0530. The largest absolute Gasteiger partial charge is 0.312 e. The Hall–Kier alpha value is -7.10. The molecule has 9 aromatic carbocycles. The number of para-hydroxylation sites is 4. The number of hydrogen-bond donors (Lipinski definition) is 0. The second-order valence-corrected chi connectivity index (χ2v) is 14.5. The summed E-state index contributed by atoms with van der Waals surface area (Å²) in [7, 11) is 0. The van der Waals surface area contributed by atoms with Crippen molar-refractivity contribution in [3.63, 3.8) is 0 Å². The van der Waals surface area contributed by atoms with Crippen molar-refractivity contribution in [2.24, 2.45) is 0 Å². The van der Waals surface area contributed by atoms with Crippen LogP contribution in [0.25, 0.3) is 60.5 Å². The first kappa shape index (κ1) is 31.4. The van der Waals surface area contributed by atoms with Crippen molar-refractivity contribution in [1.82, 2.24) is 4.57 Å². The highest BCUT2D eigenvalue weighted by Crippen LogP contribution is 2.38. The quantitative estimate of drug-likeness (QED) is 0.163. The lowest BCUT2D eigenvalue weighted by molar-refractivity contribution is 1.18. The molecule has 2 nitrogen and oxygen atoms in total. The predicted octanol–water partition coefficient (Wildman–Crippen LogP) is 11.6. The molecule has 0 amide bonds. The number of rotatable bonds is 5. The van der Waals surface area contributed by atoms with Gasteiger partial charge in [0.25, 0.3) is 0 Å². The van der Waals surface area contributed by atoms with Gasteiger partial charge in [-0.3, -0.25) is 0 Å². The first-order valence-corrected chi connectivity index (χ1v) is 19.1. The number of hydrogen-bond acceptors (Lipinski definition) is 1. The normalized spacial score (nSPS) is 12.3. The van der Waals surface area contributed by atoms with E-state index in [9.17, 15) is 0 Å². The van der Waals surface area contributed by atoms with Crippen LogP contribution in [0, 0.1) is 0 Å². The molecule has 1 aliphatic rings. The third-order valence-electron chi connectivity index (χ3n) is 11.5. The highest BCUT2D eigenvalue weighted by atomic mass is 15.1. The minimum absolute atomic E-state index is 0.0530. The van der Waals surface area contributed by atoms with Gasteiger partial charge in [-0.1, -0.05) is 169 Å². The summed E-state index contributed by atoms with van der Waals surface area (Å²) in [5.74, 6) is 0. The van der Waals surface area contributed by atoms with E-state index >= 15 is 0 Å². The third-order valence-corrected chi connectivity index (χ3v) is 11.5. The Bertz CT molecular complexity index is 2930. The van der Waals surface area contributed by atoms with E-state index in [0.29, 0.717) is 0 Å². The average Bonchev–Trinajstić information content (AvgIpc) is 3.60. The third kappa shape index (κ3) is 5.05. The summed E-state index contributed by atoms with van der Waals surface area (Å²) >= 11 is 0. The molecule has 0 N–H and O–H groups in total. The van der Waals surface area contributed by atoms with Crippen LogP contribution >= 0.6 is 0 Å². The molecular formula is C52H35BN2. The molecule has 0 saturated carbocycles. The second-order valence-electron chi connectivity index (χ2n) is 14.5. The summed E-state index contributed by atoms with van der Waals surface area (Å²) in [5.41, 5.74) is 16.0. The van der Waals surface area contributed by atoms with Gasteiger partial charge in [-0.2, -0.15) is 0 Å². The van der Waals surface area contributed by atoms with Gasteiger partial charge < -0.3 is 9.47 Å². The Labute approximate surface area is 321 Å². The molecule has 0 bridgehead atoms. The number of fused-ring (bicyclic) bond motifs is 6. The van der Waals surface area contributed by atoms with Crippen molar-refractivity contribution in [2.75, 3.05) is 4.90 Å². The fourth-order valence-corrected chi connectivity index (χ4v) is 9.04. The zero-order valence-corrected chi connectivity index (χ0v) is 30.2. The van der Waals surface area contributed by atoms with Crippen molar-refractivity contribution < 1.29 is 0 Å². The van der Waals surface area contributed by atoms with Gasteiger partial charge in [0.1, 0.15) is 0 Å². The topological polar surface area (TPSA) is 8.17 Å². The van der Waals surface area contributed by atoms with Gasteiger partial charge in [0.2, 0.25) is 6.71 Å². The van der Waals surface area contributed by atoms with E-state index in [0.717, 1.165) is 11.4 Å².